The Morgan fingerprint density at radius 2 is 0.825 bits per heavy atom. The highest BCUT2D eigenvalue weighted by Crippen LogP contribution is 2.63. The van der Waals surface area contributed by atoms with Crippen LogP contribution in [0.15, 0.2) is 209 Å². The van der Waals surface area contributed by atoms with E-state index >= 15 is 0 Å². The Morgan fingerprint density at radius 1 is 0.302 bits per heavy atom. The minimum Gasteiger partial charge on any atom is -0.456 e. The number of fused-ring (bicyclic) bond motifs is 16. The van der Waals surface area contributed by atoms with Gasteiger partial charge in [-0.2, -0.15) is 0 Å². The average molecular weight is 804 g/mol. The largest absolute Gasteiger partial charge is 0.456 e. The number of furan rings is 2. The molecule has 3 aromatic heterocycles. The monoisotopic (exact) mass is 803 g/mol. The predicted molar refractivity (Wildman–Crippen MR) is 252 cm³/mol. The van der Waals surface area contributed by atoms with Crippen LogP contribution in [0.5, 0.6) is 0 Å². The summed E-state index contributed by atoms with van der Waals surface area (Å²) in [7, 11) is 0. The van der Waals surface area contributed by atoms with Crippen molar-refractivity contribution in [2.75, 3.05) is 0 Å². The third kappa shape index (κ3) is 4.73. The second-order valence-corrected chi connectivity index (χ2v) is 16.6. The minimum atomic E-state index is -0.380. The molecule has 5 nitrogen and oxygen atoms in total. The van der Waals surface area contributed by atoms with Crippen molar-refractivity contribution < 1.29 is 8.83 Å². The standard InChI is InChI=1S/C58H33N3O2/c1-2-14-34(15-3-1)55-59-56(61-57(60-55)43-22-12-20-41-40-19-7-11-26-50(40)63-54(41)43)42-21-13-27-52-53(42)45-33-36(29-31-51(45)62-52)35-28-30-49-44(32-35)39-18-6-10-25-48(39)58(49)46-23-8-4-16-37(46)38-17-5-9-24-47(38)58/h1-33H. The van der Waals surface area contributed by atoms with Gasteiger partial charge in [0.05, 0.1) is 11.0 Å². The van der Waals surface area contributed by atoms with Crippen LogP contribution in [0.2, 0.25) is 0 Å². The van der Waals surface area contributed by atoms with Crippen LogP contribution in [-0.2, 0) is 5.41 Å². The first-order valence-electron chi connectivity index (χ1n) is 21.3. The Labute approximate surface area is 361 Å². The van der Waals surface area contributed by atoms with Gasteiger partial charge in [0.1, 0.15) is 22.3 Å². The van der Waals surface area contributed by atoms with Crippen LogP contribution in [-0.4, -0.2) is 15.0 Å². The first-order chi connectivity index (χ1) is 31.2. The van der Waals surface area contributed by atoms with Crippen LogP contribution in [0.1, 0.15) is 22.3 Å². The van der Waals surface area contributed by atoms with Gasteiger partial charge in [0.2, 0.25) is 0 Å². The van der Waals surface area contributed by atoms with Crippen molar-refractivity contribution in [3.8, 4) is 67.5 Å². The SMILES string of the molecule is c1ccc(-c2nc(-c3cccc4c3oc3ccccc34)nc(-c3cccc4oc5ccc(-c6ccc7c(c6)-c6ccccc6C76c7ccccc7-c7ccccc76)cc5c34)n2)cc1. The summed E-state index contributed by atoms with van der Waals surface area (Å²) in [4.78, 5) is 15.5. The predicted octanol–water partition coefficient (Wildman–Crippen LogP) is 14.7. The molecule has 292 valence electrons. The molecule has 0 amide bonds. The molecule has 0 atom stereocenters. The molecule has 0 radical (unpaired) electrons. The third-order valence-corrected chi connectivity index (χ3v) is 13.4. The van der Waals surface area contributed by atoms with E-state index in [4.69, 9.17) is 23.8 Å². The van der Waals surface area contributed by atoms with Crippen LogP contribution >= 0.6 is 0 Å². The molecule has 5 heteroatoms. The van der Waals surface area contributed by atoms with Crippen molar-refractivity contribution in [3.05, 3.63) is 222 Å². The second kappa shape index (κ2) is 12.8. The smallest absolute Gasteiger partial charge is 0.167 e. The van der Waals surface area contributed by atoms with Gasteiger partial charge in [-0.25, -0.2) is 15.0 Å². The van der Waals surface area contributed by atoms with Crippen molar-refractivity contribution in [1.82, 2.24) is 15.0 Å². The maximum absolute atomic E-state index is 6.59. The molecule has 0 unspecified atom stereocenters. The number of benzene rings is 9. The fraction of sp³-hybridized carbons (Fsp3) is 0.0172. The molecule has 3 heterocycles. The summed E-state index contributed by atoms with van der Waals surface area (Å²) in [5.74, 6) is 1.68. The number of hydrogen-bond acceptors (Lipinski definition) is 5. The molecule has 14 rings (SSSR count). The molecule has 0 saturated heterocycles. The highest BCUT2D eigenvalue weighted by atomic mass is 16.3. The van der Waals surface area contributed by atoms with Gasteiger partial charge in [-0.3, -0.25) is 0 Å². The fourth-order valence-corrected chi connectivity index (χ4v) is 10.7. The van der Waals surface area contributed by atoms with Crippen LogP contribution < -0.4 is 0 Å². The Bertz CT molecular complexity index is 3830. The number of rotatable bonds is 4. The van der Waals surface area contributed by atoms with Crippen molar-refractivity contribution in [2.24, 2.45) is 0 Å². The summed E-state index contributed by atoms with van der Waals surface area (Å²) in [5, 5.41) is 4.03. The lowest BCUT2D eigenvalue weighted by Crippen LogP contribution is -2.25. The van der Waals surface area contributed by atoms with Gasteiger partial charge >= 0.3 is 0 Å². The van der Waals surface area contributed by atoms with Crippen molar-refractivity contribution >= 4 is 43.9 Å². The van der Waals surface area contributed by atoms with Gasteiger partial charge in [0, 0.05) is 32.7 Å². The highest BCUT2D eigenvalue weighted by Gasteiger charge is 2.51. The Balaban J connectivity index is 0.955. The molecule has 0 bridgehead atoms. The van der Waals surface area contributed by atoms with Gasteiger partial charge in [-0.05, 0) is 92.0 Å². The second-order valence-electron chi connectivity index (χ2n) is 16.6. The number of hydrogen-bond donors (Lipinski definition) is 0. The summed E-state index contributed by atoms with van der Waals surface area (Å²) in [6.45, 7) is 0. The quantitative estimate of drug-likeness (QED) is 0.177. The van der Waals surface area contributed by atoms with Crippen molar-refractivity contribution in [3.63, 3.8) is 0 Å². The van der Waals surface area contributed by atoms with E-state index < -0.39 is 0 Å². The summed E-state index contributed by atoms with van der Waals surface area (Å²) in [6, 6.07) is 70.9. The Hall–Kier alpha value is -8.41. The third-order valence-electron chi connectivity index (χ3n) is 13.4. The normalized spacial score (nSPS) is 13.2. The zero-order chi connectivity index (χ0) is 41.2. The molecule has 63 heavy (non-hydrogen) atoms. The van der Waals surface area contributed by atoms with Crippen LogP contribution in [0, 0.1) is 0 Å². The van der Waals surface area contributed by atoms with E-state index in [1.54, 1.807) is 0 Å². The summed E-state index contributed by atoms with van der Waals surface area (Å²) in [5.41, 5.74) is 18.1. The molecule has 0 aliphatic heterocycles. The minimum absolute atomic E-state index is 0.380. The molecule has 9 aromatic carbocycles. The average Bonchev–Trinajstić information content (AvgIpc) is 4.09. The first-order valence-corrected chi connectivity index (χ1v) is 21.3. The molecular weight excluding hydrogens is 771 g/mol. The zero-order valence-electron chi connectivity index (χ0n) is 33.7. The van der Waals surface area contributed by atoms with E-state index in [2.05, 4.69) is 127 Å². The highest BCUT2D eigenvalue weighted by molar-refractivity contribution is 6.13. The Morgan fingerprint density at radius 3 is 1.60 bits per heavy atom. The molecule has 0 N–H and O–H groups in total. The maximum atomic E-state index is 6.59. The zero-order valence-corrected chi connectivity index (χ0v) is 33.7. The maximum Gasteiger partial charge on any atom is 0.167 e. The lowest BCUT2D eigenvalue weighted by Gasteiger charge is -2.30. The van der Waals surface area contributed by atoms with Gasteiger partial charge in [-0.1, -0.05) is 164 Å². The van der Waals surface area contributed by atoms with E-state index in [0.29, 0.717) is 17.5 Å². The lowest BCUT2D eigenvalue weighted by atomic mass is 9.70. The van der Waals surface area contributed by atoms with Crippen molar-refractivity contribution in [1.29, 1.82) is 0 Å². The number of aromatic nitrogens is 3. The molecule has 0 fully saturated rings. The van der Waals surface area contributed by atoms with E-state index in [1.807, 2.05) is 72.8 Å². The molecular formula is C58H33N3O2. The summed E-state index contributed by atoms with van der Waals surface area (Å²) < 4.78 is 13.1. The van der Waals surface area contributed by atoms with Gasteiger partial charge < -0.3 is 8.83 Å². The van der Waals surface area contributed by atoms with Crippen molar-refractivity contribution in [2.45, 2.75) is 5.41 Å². The Kier molecular flexibility index (Phi) is 6.97. The molecule has 2 aliphatic carbocycles. The van der Waals surface area contributed by atoms with Crippen LogP contribution in [0.25, 0.3) is 111 Å². The molecule has 1 spiro atoms. The van der Waals surface area contributed by atoms with E-state index in [1.165, 1.54) is 44.5 Å². The van der Waals surface area contributed by atoms with Crippen LogP contribution in [0.3, 0.4) is 0 Å². The van der Waals surface area contributed by atoms with E-state index in [0.717, 1.165) is 71.7 Å². The molecule has 2 aliphatic rings. The number of para-hydroxylation sites is 2. The first kappa shape index (κ1) is 34.3. The summed E-state index contributed by atoms with van der Waals surface area (Å²) >= 11 is 0. The van der Waals surface area contributed by atoms with E-state index in [9.17, 15) is 0 Å². The van der Waals surface area contributed by atoms with Gasteiger partial charge in [0.25, 0.3) is 0 Å². The fourth-order valence-electron chi connectivity index (χ4n) is 10.7. The summed E-state index contributed by atoms with van der Waals surface area (Å²) in [6.07, 6.45) is 0. The molecule has 12 aromatic rings. The molecule has 0 saturated carbocycles. The van der Waals surface area contributed by atoms with Gasteiger partial charge in [-0.15, -0.1) is 0 Å². The topological polar surface area (TPSA) is 65.0 Å². The number of nitrogens with zero attached hydrogens (tertiary/aromatic N) is 3. The van der Waals surface area contributed by atoms with Crippen LogP contribution in [0.4, 0.5) is 0 Å². The lowest BCUT2D eigenvalue weighted by molar-refractivity contribution is 0.668. The van der Waals surface area contributed by atoms with Gasteiger partial charge in [0.15, 0.2) is 17.5 Å². The van der Waals surface area contributed by atoms with E-state index in [-0.39, 0.29) is 5.41 Å².